The van der Waals surface area contributed by atoms with Crippen LogP contribution in [-0.2, 0) is 14.6 Å². The van der Waals surface area contributed by atoms with Crippen LogP contribution in [0.1, 0.15) is 30.0 Å². The van der Waals surface area contributed by atoms with Gasteiger partial charge in [-0.3, -0.25) is 4.79 Å². The van der Waals surface area contributed by atoms with Gasteiger partial charge >= 0.3 is 0 Å². The summed E-state index contributed by atoms with van der Waals surface area (Å²) in [5, 5.41) is 0. The molecular formula is C23H28N2O3S. The molecule has 2 heterocycles. The number of anilines is 1. The molecule has 5 nitrogen and oxygen atoms in total. The second kappa shape index (κ2) is 8.19. The molecule has 0 spiro atoms. The van der Waals surface area contributed by atoms with Crippen molar-refractivity contribution >= 4 is 21.4 Å². The summed E-state index contributed by atoms with van der Waals surface area (Å²) in [5.74, 6) is 0.179. The van der Waals surface area contributed by atoms with E-state index < -0.39 is 9.84 Å². The molecule has 29 heavy (non-hydrogen) atoms. The number of benzene rings is 2. The van der Waals surface area contributed by atoms with Crippen molar-refractivity contribution in [2.45, 2.75) is 25.8 Å². The normalized spacial score (nSPS) is 22.4. The first-order valence-corrected chi connectivity index (χ1v) is 12.1. The molecule has 0 radical (unpaired) electrons. The van der Waals surface area contributed by atoms with Crippen LogP contribution in [0.3, 0.4) is 0 Å². The van der Waals surface area contributed by atoms with Crippen molar-refractivity contribution in [1.29, 1.82) is 0 Å². The summed E-state index contributed by atoms with van der Waals surface area (Å²) in [6, 6.07) is 18.6. The van der Waals surface area contributed by atoms with Crippen LogP contribution in [0.5, 0.6) is 0 Å². The van der Waals surface area contributed by atoms with E-state index >= 15 is 0 Å². The number of amides is 1. The van der Waals surface area contributed by atoms with E-state index in [0.29, 0.717) is 19.4 Å². The smallest absolute Gasteiger partial charge is 0.226 e. The summed E-state index contributed by atoms with van der Waals surface area (Å²) in [6.07, 6.45) is 0.891. The van der Waals surface area contributed by atoms with Gasteiger partial charge in [-0.25, -0.2) is 8.42 Å². The average molecular weight is 413 g/mol. The molecule has 0 saturated carbocycles. The van der Waals surface area contributed by atoms with Gasteiger partial charge in [0.05, 0.1) is 17.5 Å². The van der Waals surface area contributed by atoms with Crippen LogP contribution < -0.4 is 4.90 Å². The molecule has 2 aliphatic heterocycles. The first kappa shape index (κ1) is 20.0. The SMILES string of the molecule is Cc1ccc(N2CCN(C(=O)C3CCS(=O)(=O)CC3)C(c3ccccc3)C2)cc1. The molecule has 2 aromatic rings. The zero-order valence-electron chi connectivity index (χ0n) is 16.8. The molecule has 154 valence electrons. The van der Waals surface area contributed by atoms with E-state index in [1.807, 2.05) is 23.1 Å². The number of sulfone groups is 1. The number of carbonyl (C=O) groups is 1. The van der Waals surface area contributed by atoms with Crippen molar-refractivity contribution in [1.82, 2.24) is 4.90 Å². The van der Waals surface area contributed by atoms with Crippen LogP contribution in [0, 0.1) is 12.8 Å². The van der Waals surface area contributed by atoms with Gasteiger partial charge in [0.15, 0.2) is 0 Å². The second-order valence-corrected chi connectivity index (χ2v) is 10.5. The summed E-state index contributed by atoms with van der Waals surface area (Å²) in [4.78, 5) is 17.7. The van der Waals surface area contributed by atoms with Crippen LogP contribution in [0.25, 0.3) is 0 Å². The molecule has 6 heteroatoms. The topological polar surface area (TPSA) is 57.7 Å². The highest BCUT2D eigenvalue weighted by molar-refractivity contribution is 7.91. The number of hydrogen-bond donors (Lipinski definition) is 0. The predicted octanol–water partition coefficient (Wildman–Crippen LogP) is 3.21. The van der Waals surface area contributed by atoms with Crippen molar-refractivity contribution in [3.63, 3.8) is 0 Å². The number of nitrogens with zero attached hydrogens (tertiary/aromatic N) is 2. The maximum Gasteiger partial charge on any atom is 0.226 e. The van der Waals surface area contributed by atoms with Gasteiger partial charge in [0.25, 0.3) is 0 Å². The standard InChI is InChI=1S/C23H28N2O3S/c1-18-7-9-21(10-8-18)24-13-14-25(22(17-24)19-5-3-2-4-6-19)23(26)20-11-15-29(27,28)16-12-20/h2-10,20,22H,11-17H2,1H3. The minimum atomic E-state index is -2.97. The van der Waals surface area contributed by atoms with Crippen LogP contribution >= 0.6 is 0 Å². The zero-order valence-corrected chi connectivity index (χ0v) is 17.6. The van der Waals surface area contributed by atoms with Gasteiger partial charge in [0, 0.05) is 31.2 Å². The molecule has 2 fully saturated rings. The Morgan fingerprint density at radius 2 is 1.59 bits per heavy atom. The van der Waals surface area contributed by atoms with Crippen LogP contribution in [0.4, 0.5) is 5.69 Å². The van der Waals surface area contributed by atoms with Crippen molar-refractivity contribution in [3.05, 3.63) is 65.7 Å². The fourth-order valence-corrected chi connectivity index (χ4v) is 5.86. The molecule has 4 rings (SSSR count). The molecule has 1 atom stereocenters. The molecule has 2 aliphatic rings. The van der Waals surface area contributed by atoms with Gasteiger partial charge in [-0.05, 0) is 37.5 Å². The first-order chi connectivity index (χ1) is 13.9. The highest BCUT2D eigenvalue weighted by Gasteiger charge is 2.37. The molecule has 1 unspecified atom stereocenters. The van der Waals surface area contributed by atoms with Crippen molar-refractivity contribution in [3.8, 4) is 0 Å². The Balaban J connectivity index is 1.56. The van der Waals surface area contributed by atoms with E-state index in [1.54, 1.807) is 0 Å². The third-order valence-electron chi connectivity index (χ3n) is 6.15. The molecular weight excluding hydrogens is 384 g/mol. The third kappa shape index (κ3) is 4.47. The van der Waals surface area contributed by atoms with E-state index in [2.05, 4.69) is 48.2 Å². The Labute approximate surface area is 173 Å². The Hall–Kier alpha value is -2.34. The Morgan fingerprint density at radius 3 is 2.24 bits per heavy atom. The maximum atomic E-state index is 13.3. The van der Waals surface area contributed by atoms with Crippen molar-refractivity contribution in [2.24, 2.45) is 5.92 Å². The van der Waals surface area contributed by atoms with Gasteiger partial charge in [-0.15, -0.1) is 0 Å². The van der Waals surface area contributed by atoms with Gasteiger partial charge in [0.1, 0.15) is 9.84 Å². The minimum Gasteiger partial charge on any atom is -0.367 e. The summed E-state index contributed by atoms with van der Waals surface area (Å²) in [6.45, 7) is 4.25. The third-order valence-corrected chi connectivity index (χ3v) is 7.87. The lowest BCUT2D eigenvalue weighted by Gasteiger charge is -2.44. The zero-order chi connectivity index (χ0) is 20.4. The molecule has 0 aliphatic carbocycles. The van der Waals surface area contributed by atoms with Crippen molar-refractivity contribution < 1.29 is 13.2 Å². The van der Waals surface area contributed by atoms with E-state index in [4.69, 9.17) is 0 Å². The van der Waals surface area contributed by atoms with Crippen LogP contribution in [-0.4, -0.2) is 50.4 Å². The highest BCUT2D eigenvalue weighted by atomic mass is 32.2. The first-order valence-electron chi connectivity index (χ1n) is 10.3. The molecule has 1 amide bonds. The average Bonchev–Trinajstić information content (AvgIpc) is 2.74. The Kier molecular flexibility index (Phi) is 5.63. The summed E-state index contributed by atoms with van der Waals surface area (Å²) >= 11 is 0. The molecule has 0 aromatic heterocycles. The number of carbonyl (C=O) groups excluding carboxylic acids is 1. The Morgan fingerprint density at radius 1 is 0.931 bits per heavy atom. The van der Waals surface area contributed by atoms with Crippen LogP contribution in [0.2, 0.25) is 0 Å². The fourth-order valence-electron chi connectivity index (χ4n) is 4.37. The van der Waals surface area contributed by atoms with E-state index in [1.165, 1.54) is 11.3 Å². The molecule has 0 bridgehead atoms. The largest absolute Gasteiger partial charge is 0.367 e. The number of rotatable bonds is 3. The van der Waals surface area contributed by atoms with Crippen LogP contribution in [0.15, 0.2) is 54.6 Å². The Bertz CT molecular complexity index is 943. The van der Waals surface area contributed by atoms with Gasteiger partial charge in [-0.1, -0.05) is 48.0 Å². The van der Waals surface area contributed by atoms with E-state index in [0.717, 1.165) is 18.7 Å². The van der Waals surface area contributed by atoms with Gasteiger partial charge in [0.2, 0.25) is 5.91 Å². The number of hydrogen-bond acceptors (Lipinski definition) is 4. The van der Waals surface area contributed by atoms with Gasteiger partial charge in [-0.2, -0.15) is 0 Å². The predicted molar refractivity (Wildman–Crippen MR) is 116 cm³/mol. The second-order valence-electron chi connectivity index (χ2n) is 8.17. The summed E-state index contributed by atoms with van der Waals surface area (Å²) < 4.78 is 23.5. The van der Waals surface area contributed by atoms with E-state index in [-0.39, 0.29) is 29.4 Å². The fraction of sp³-hybridized carbons (Fsp3) is 0.435. The lowest BCUT2D eigenvalue weighted by Crippen LogP contribution is -2.53. The van der Waals surface area contributed by atoms with Gasteiger partial charge < -0.3 is 9.80 Å². The molecule has 2 saturated heterocycles. The number of piperazine rings is 1. The lowest BCUT2D eigenvalue weighted by atomic mass is 9.96. The lowest BCUT2D eigenvalue weighted by molar-refractivity contribution is -0.138. The molecule has 0 N–H and O–H groups in total. The summed E-state index contributed by atoms with van der Waals surface area (Å²) in [7, 11) is -2.97. The van der Waals surface area contributed by atoms with E-state index in [9.17, 15) is 13.2 Å². The quantitative estimate of drug-likeness (QED) is 0.777. The number of aryl methyl sites for hydroxylation is 1. The van der Waals surface area contributed by atoms with Crippen molar-refractivity contribution in [2.75, 3.05) is 36.0 Å². The maximum absolute atomic E-state index is 13.3. The monoisotopic (exact) mass is 412 g/mol. The summed E-state index contributed by atoms with van der Waals surface area (Å²) in [5.41, 5.74) is 3.53. The molecule has 2 aromatic carbocycles. The highest BCUT2D eigenvalue weighted by Crippen LogP contribution is 2.32. The minimum absolute atomic E-state index is 0.0303.